The highest BCUT2D eigenvalue weighted by molar-refractivity contribution is 7.86. The monoisotopic (exact) mass is 474 g/mol. The Hall–Kier alpha value is -2.45. The van der Waals surface area contributed by atoms with E-state index in [1.807, 2.05) is 65.6 Å². The lowest BCUT2D eigenvalue weighted by Crippen LogP contribution is -2.51. The molecule has 0 saturated heterocycles. The van der Waals surface area contributed by atoms with Gasteiger partial charge in [0, 0.05) is 25.6 Å². The van der Waals surface area contributed by atoms with Crippen molar-refractivity contribution in [3.63, 3.8) is 0 Å². The van der Waals surface area contributed by atoms with E-state index in [9.17, 15) is 17.8 Å². The summed E-state index contributed by atoms with van der Waals surface area (Å²) in [5.74, 6) is -0.588. The zero-order valence-corrected chi connectivity index (χ0v) is 19.2. The Morgan fingerprint density at radius 1 is 1.00 bits per heavy atom. The average Bonchev–Trinajstić information content (AvgIpc) is 2.75. The van der Waals surface area contributed by atoms with Crippen LogP contribution in [0.3, 0.4) is 0 Å². The second kappa shape index (κ2) is 10.0. The van der Waals surface area contributed by atoms with Crippen LogP contribution in [0.4, 0.5) is 0 Å². The van der Waals surface area contributed by atoms with Crippen molar-refractivity contribution >= 4 is 39.2 Å². The predicted octanol–water partition coefficient (Wildman–Crippen LogP) is 3.36. The second-order valence-electron chi connectivity index (χ2n) is 8.12. The number of halogens is 1. The lowest BCUT2D eigenvalue weighted by Gasteiger charge is -2.38. The summed E-state index contributed by atoms with van der Waals surface area (Å²) in [7, 11) is -4.45. The average molecular weight is 475 g/mol. The lowest BCUT2D eigenvalue weighted by atomic mass is 9.93. The number of amides is 1. The molecule has 2 unspecified atom stereocenters. The van der Waals surface area contributed by atoms with E-state index in [1.165, 1.54) is 5.56 Å². The molecule has 0 spiro atoms. The van der Waals surface area contributed by atoms with Crippen LogP contribution in [0.2, 0.25) is 0 Å². The third kappa shape index (κ3) is 5.30. The van der Waals surface area contributed by atoms with Gasteiger partial charge in [0.15, 0.2) is 0 Å². The Morgan fingerprint density at radius 3 is 2.38 bits per heavy atom. The molecule has 0 aromatic heterocycles. The zero-order valence-electron chi connectivity index (χ0n) is 17.6. The molecular weight excluding hydrogens is 448 g/mol. The smallest absolute Gasteiger partial charge is 0.269 e. The van der Waals surface area contributed by atoms with Gasteiger partial charge in [0.2, 0.25) is 5.91 Å². The number of hydrogen-bond donors (Lipinski definition) is 2. The fraction of sp³-hybridized carbons (Fsp3) is 0.292. The van der Waals surface area contributed by atoms with Gasteiger partial charge in [-0.05, 0) is 40.3 Å². The Kier molecular flexibility index (Phi) is 7.56. The van der Waals surface area contributed by atoms with Crippen molar-refractivity contribution < 1.29 is 17.8 Å². The predicted molar refractivity (Wildman–Crippen MR) is 128 cm³/mol. The summed E-state index contributed by atoms with van der Waals surface area (Å²) in [5, 5.41) is 0.754. The van der Waals surface area contributed by atoms with Gasteiger partial charge in [-0.25, -0.2) is 0 Å². The van der Waals surface area contributed by atoms with Gasteiger partial charge in [-0.1, -0.05) is 66.7 Å². The van der Waals surface area contributed by atoms with Crippen LogP contribution in [0.5, 0.6) is 0 Å². The standard InChI is InChI=1S/C24H26N2O4S.ClH/c25-24(27)15-22(26-13-12-17-6-1-2-8-20(17)16-26)23(31(28,29)30)14-19-10-5-9-18-7-3-4-11-21(18)19;/h1-11,22-23H,12-16H2,(H2,25,27)(H,28,29,30);1H. The van der Waals surface area contributed by atoms with E-state index in [0.717, 1.165) is 28.3 Å². The van der Waals surface area contributed by atoms with Gasteiger partial charge in [-0.3, -0.25) is 14.2 Å². The van der Waals surface area contributed by atoms with Gasteiger partial charge in [-0.2, -0.15) is 8.42 Å². The van der Waals surface area contributed by atoms with E-state index in [1.54, 1.807) is 0 Å². The van der Waals surface area contributed by atoms with Crippen LogP contribution in [0, 0.1) is 0 Å². The van der Waals surface area contributed by atoms with E-state index in [0.29, 0.717) is 13.1 Å². The second-order valence-corrected chi connectivity index (χ2v) is 9.76. The normalized spacial score (nSPS) is 16.0. The molecule has 2 atom stereocenters. The Morgan fingerprint density at radius 2 is 1.66 bits per heavy atom. The van der Waals surface area contributed by atoms with Crippen LogP contribution in [-0.2, 0) is 34.3 Å². The Labute approximate surface area is 194 Å². The van der Waals surface area contributed by atoms with Gasteiger partial charge < -0.3 is 5.73 Å². The molecule has 1 aliphatic heterocycles. The van der Waals surface area contributed by atoms with Crippen LogP contribution >= 0.6 is 12.4 Å². The molecule has 0 fully saturated rings. The number of hydrogen-bond acceptors (Lipinski definition) is 4. The first-order valence-electron chi connectivity index (χ1n) is 10.3. The van der Waals surface area contributed by atoms with E-state index < -0.39 is 27.3 Å². The van der Waals surface area contributed by atoms with E-state index in [2.05, 4.69) is 6.07 Å². The molecule has 3 N–H and O–H groups in total. The summed E-state index contributed by atoms with van der Waals surface area (Å²) < 4.78 is 35.3. The fourth-order valence-electron chi connectivity index (χ4n) is 4.63. The molecule has 0 saturated carbocycles. The van der Waals surface area contributed by atoms with Crippen LogP contribution in [-0.4, -0.2) is 41.6 Å². The first kappa shape index (κ1) is 24.2. The van der Waals surface area contributed by atoms with E-state index in [-0.39, 0.29) is 25.2 Å². The van der Waals surface area contributed by atoms with Crippen molar-refractivity contribution in [1.29, 1.82) is 0 Å². The van der Waals surface area contributed by atoms with Crippen molar-refractivity contribution in [3.05, 3.63) is 83.4 Å². The fourth-order valence-corrected chi connectivity index (χ4v) is 5.69. The quantitative estimate of drug-likeness (QED) is 0.511. The summed E-state index contributed by atoms with van der Waals surface area (Å²) in [6, 6.07) is 20.7. The summed E-state index contributed by atoms with van der Waals surface area (Å²) in [6.07, 6.45) is 0.700. The molecule has 1 aliphatic rings. The molecule has 32 heavy (non-hydrogen) atoms. The summed E-state index contributed by atoms with van der Waals surface area (Å²) in [5.41, 5.74) is 8.65. The minimum absolute atomic E-state index is 0. The molecule has 4 rings (SSSR count). The topological polar surface area (TPSA) is 101 Å². The van der Waals surface area contributed by atoms with Crippen LogP contribution in [0.1, 0.15) is 23.1 Å². The summed E-state index contributed by atoms with van der Waals surface area (Å²) >= 11 is 0. The third-order valence-electron chi connectivity index (χ3n) is 6.15. The number of fused-ring (bicyclic) bond motifs is 2. The van der Waals surface area contributed by atoms with E-state index >= 15 is 0 Å². The van der Waals surface area contributed by atoms with Gasteiger partial charge in [0.05, 0.1) is 0 Å². The first-order valence-corrected chi connectivity index (χ1v) is 11.9. The molecule has 0 radical (unpaired) electrons. The molecule has 3 aromatic carbocycles. The van der Waals surface area contributed by atoms with Crippen molar-refractivity contribution in [1.82, 2.24) is 4.90 Å². The maximum absolute atomic E-state index is 12.6. The lowest BCUT2D eigenvalue weighted by molar-refractivity contribution is -0.119. The molecule has 0 aliphatic carbocycles. The van der Waals surface area contributed by atoms with Gasteiger partial charge >= 0.3 is 0 Å². The van der Waals surface area contributed by atoms with Gasteiger partial charge in [0.25, 0.3) is 10.1 Å². The highest BCUT2D eigenvalue weighted by Crippen LogP contribution is 2.28. The Balaban J connectivity index is 0.00000289. The molecule has 3 aromatic rings. The number of rotatable bonds is 7. The summed E-state index contributed by atoms with van der Waals surface area (Å²) in [4.78, 5) is 13.9. The van der Waals surface area contributed by atoms with Crippen molar-refractivity contribution in [2.24, 2.45) is 5.73 Å². The minimum Gasteiger partial charge on any atom is -0.370 e. The highest BCUT2D eigenvalue weighted by atomic mass is 35.5. The van der Waals surface area contributed by atoms with Crippen LogP contribution in [0.15, 0.2) is 66.7 Å². The Bertz CT molecular complexity index is 1210. The molecule has 1 amide bonds. The number of benzene rings is 3. The number of carbonyl (C=O) groups excluding carboxylic acids is 1. The number of carbonyl (C=O) groups is 1. The van der Waals surface area contributed by atoms with Crippen LogP contribution < -0.4 is 5.73 Å². The maximum atomic E-state index is 12.6. The maximum Gasteiger partial charge on any atom is 0.269 e. The van der Waals surface area contributed by atoms with Crippen molar-refractivity contribution in [3.8, 4) is 0 Å². The minimum atomic E-state index is -4.45. The molecular formula is C24H27ClN2O4S. The number of nitrogens with zero attached hydrogens (tertiary/aromatic N) is 1. The number of primary amides is 1. The zero-order chi connectivity index (χ0) is 22.0. The third-order valence-corrected chi connectivity index (χ3v) is 7.40. The van der Waals surface area contributed by atoms with E-state index in [4.69, 9.17) is 5.73 Å². The van der Waals surface area contributed by atoms with Crippen LogP contribution in [0.25, 0.3) is 10.8 Å². The SMILES string of the molecule is Cl.NC(=O)CC(C(Cc1cccc2ccccc12)S(=O)(=O)O)N1CCc2ccccc2C1. The van der Waals surface area contributed by atoms with Crippen molar-refractivity contribution in [2.75, 3.05) is 6.54 Å². The van der Waals surface area contributed by atoms with Crippen molar-refractivity contribution in [2.45, 2.75) is 37.1 Å². The molecule has 0 bridgehead atoms. The molecule has 8 heteroatoms. The largest absolute Gasteiger partial charge is 0.370 e. The number of nitrogens with two attached hydrogens (primary N) is 1. The van der Waals surface area contributed by atoms with Gasteiger partial charge in [-0.15, -0.1) is 12.4 Å². The van der Waals surface area contributed by atoms with Gasteiger partial charge in [0.1, 0.15) is 5.25 Å². The first-order chi connectivity index (χ1) is 14.8. The molecule has 1 heterocycles. The molecule has 6 nitrogen and oxygen atoms in total. The highest BCUT2D eigenvalue weighted by Gasteiger charge is 2.38. The summed E-state index contributed by atoms with van der Waals surface area (Å²) in [6.45, 7) is 1.10. The molecule has 170 valence electrons.